The standard InChI is InChI=1S/C24H31NO4/c1-17(2)20-6-3-4-8-22(20)29-16-19(26)15-25-11-5-7-21(25)18-9-10-23-24(14-18)28-13-12-27-23/h3-4,6,8-10,14,17,19,21,26H,5,7,11-13,15-16H2,1-2H3/t19-,21+/m1/s1. The minimum atomic E-state index is -0.534. The Morgan fingerprint density at radius 3 is 2.72 bits per heavy atom. The molecule has 156 valence electrons. The second-order valence-corrected chi connectivity index (χ2v) is 8.21. The molecule has 0 spiro atoms. The lowest BCUT2D eigenvalue weighted by atomic mass is 10.0. The van der Waals surface area contributed by atoms with Crippen LogP contribution in [0.2, 0.25) is 0 Å². The van der Waals surface area contributed by atoms with E-state index in [9.17, 15) is 5.11 Å². The van der Waals surface area contributed by atoms with Crippen LogP contribution in [0.1, 0.15) is 49.8 Å². The maximum atomic E-state index is 10.6. The van der Waals surface area contributed by atoms with Crippen molar-refractivity contribution in [2.45, 2.75) is 44.8 Å². The van der Waals surface area contributed by atoms with Gasteiger partial charge in [-0.3, -0.25) is 4.90 Å². The van der Waals surface area contributed by atoms with Crippen LogP contribution in [0.4, 0.5) is 0 Å². The Labute approximate surface area is 173 Å². The molecule has 29 heavy (non-hydrogen) atoms. The zero-order valence-electron chi connectivity index (χ0n) is 17.3. The minimum Gasteiger partial charge on any atom is -0.491 e. The molecule has 0 saturated carbocycles. The molecule has 0 amide bonds. The van der Waals surface area contributed by atoms with E-state index in [2.05, 4.69) is 36.9 Å². The van der Waals surface area contributed by atoms with Crippen LogP contribution in [0.15, 0.2) is 42.5 Å². The van der Waals surface area contributed by atoms with Gasteiger partial charge < -0.3 is 19.3 Å². The van der Waals surface area contributed by atoms with E-state index in [0.29, 0.717) is 38.3 Å². The third-order valence-electron chi connectivity index (χ3n) is 5.73. The molecule has 2 aliphatic heterocycles. The number of ether oxygens (including phenoxy) is 3. The summed E-state index contributed by atoms with van der Waals surface area (Å²) in [6.07, 6.45) is 1.68. The van der Waals surface area contributed by atoms with E-state index in [-0.39, 0.29) is 0 Å². The van der Waals surface area contributed by atoms with Crippen molar-refractivity contribution < 1.29 is 19.3 Å². The topological polar surface area (TPSA) is 51.2 Å². The highest BCUT2D eigenvalue weighted by Crippen LogP contribution is 2.38. The first kappa shape index (κ1) is 20.0. The molecule has 0 aromatic heterocycles. The first-order chi connectivity index (χ1) is 14.1. The molecule has 0 bridgehead atoms. The van der Waals surface area contributed by atoms with Gasteiger partial charge in [0.15, 0.2) is 11.5 Å². The zero-order chi connectivity index (χ0) is 20.2. The van der Waals surface area contributed by atoms with E-state index in [1.54, 1.807) is 0 Å². The van der Waals surface area contributed by atoms with E-state index in [1.165, 1.54) is 11.1 Å². The van der Waals surface area contributed by atoms with E-state index in [1.807, 2.05) is 24.3 Å². The lowest BCUT2D eigenvalue weighted by Gasteiger charge is -2.28. The number of hydrogen-bond donors (Lipinski definition) is 1. The van der Waals surface area contributed by atoms with Crippen molar-refractivity contribution in [1.82, 2.24) is 4.90 Å². The molecule has 1 fully saturated rings. The summed E-state index contributed by atoms with van der Waals surface area (Å²) < 4.78 is 17.4. The van der Waals surface area contributed by atoms with Crippen molar-refractivity contribution in [2.24, 2.45) is 0 Å². The van der Waals surface area contributed by atoms with E-state index in [4.69, 9.17) is 14.2 Å². The van der Waals surface area contributed by atoms with Crippen LogP contribution in [0, 0.1) is 0 Å². The van der Waals surface area contributed by atoms with Crippen molar-refractivity contribution in [3.63, 3.8) is 0 Å². The van der Waals surface area contributed by atoms with Crippen molar-refractivity contribution in [3.05, 3.63) is 53.6 Å². The summed E-state index contributed by atoms with van der Waals surface area (Å²) in [5.41, 5.74) is 2.40. The number of β-amino-alcohol motifs (C(OH)–C–C–N with tert-alkyl or cyclic N) is 1. The molecule has 2 aliphatic rings. The van der Waals surface area contributed by atoms with Crippen molar-refractivity contribution in [1.29, 1.82) is 0 Å². The first-order valence-corrected chi connectivity index (χ1v) is 10.6. The summed E-state index contributed by atoms with van der Waals surface area (Å²) in [7, 11) is 0. The highest BCUT2D eigenvalue weighted by Gasteiger charge is 2.29. The number of rotatable bonds is 7. The van der Waals surface area contributed by atoms with Gasteiger partial charge in [0, 0.05) is 12.6 Å². The summed E-state index contributed by atoms with van der Waals surface area (Å²) in [6, 6.07) is 14.6. The van der Waals surface area contributed by atoms with Gasteiger partial charge in [-0.25, -0.2) is 0 Å². The van der Waals surface area contributed by atoms with E-state index in [0.717, 1.165) is 36.6 Å². The molecule has 5 heteroatoms. The van der Waals surface area contributed by atoms with Crippen molar-refractivity contribution >= 4 is 0 Å². The number of aliphatic hydroxyl groups excluding tert-OH is 1. The van der Waals surface area contributed by atoms with Gasteiger partial charge in [0.25, 0.3) is 0 Å². The minimum absolute atomic E-state index is 0.295. The fourth-order valence-corrected chi connectivity index (χ4v) is 4.29. The number of fused-ring (bicyclic) bond motifs is 1. The summed E-state index contributed by atoms with van der Waals surface area (Å²) in [4.78, 5) is 2.35. The molecular weight excluding hydrogens is 366 g/mol. The number of benzene rings is 2. The molecule has 0 aliphatic carbocycles. The Bertz CT molecular complexity index is 822. The van der Waals surface area contributed by atoms with Gasteiger partial charge >= 0.3 is 0 Å². The predicted molar refractivity (Wildman–Crippen MR) is 113 cm³/mol. The van der Waals surface area contributed by atoms with Crippen LogP contribution in [-0.2, 0) is 0 Å². The molecule has 2 heterocycles. The van der Waals surface area contributed by atoms with Crippen LogP contribution in [0.25, 0.3) is 0 Å². The largest absolute Gasteiger partial charge is 0.491 e. The second-order valence-electron chi connectivity index (χ2n) is 8.21. The lowest BCUT2D eigenvalue weighted by Crippen LogP contribution is -2.35. The normalized spacial score (nSPS) is 20.1. The highest BCUT2D eigenvalue weighted by atomic mass is 16.6. The number of hydrogen-bond acceptors (Lipinski definition) is 5. The average molecular weight is 398 g/mol. The van der Waals surface area contributed by atoms with Crippen LogP contribution in [0.5, 0.6) is 17.2 Å². The number of nitrogens with zero attached hydrogens (tertiary/aromatic N) is 1. The Morgan fingerprint density at radius 1 is 1.10 bits per heavy atom. The van der Waals surface area contributed by atoms with Gasteiger partial charge in [-0.1, -0.05) is 38.1 Å². The summed E-state index contributed by atoms with van der Waals surface area (Å²) in [5, 5.41) is 10.6. The Morgan fingerprint density at radius 2 is 1.90 bits per heavy atom. The maximum Gasteiger partial charge on any atom is 0.161 e. The van der Waals surface area contributed by atoms with Gasteiger partial charge in [-0.05, 0) is 54.6 Å². The van der Waals surface area contributed by atoms with E-state index >= 15 is 0 Å². The fraction of sp³-hybridized carbons (Fsp3) is 0.500. The summed E-state index contributed by atoms with van der Waals surface area (Å²) >= 11 is 0. The molecule has 4 rings (SSSR count). The lowest BCUT2D eigenvalue weighted by molar-refractivity contribution is 0.0633. The van der Waals surface area contributed by atoms with Gasteiger partial charge in [-0.15, -0.1) is 0 Å². The molecule has 1 N–H and O–H groups in total. The predicted octanol–water partition coefficient (Wildman–Crippen LogP) is 4.16. The smallest absolute Gasteiger partial charge is 0.161 e. The third kappa shape index (κ3) is 4.68. The molecule has 0 radical (unpaired) electrons. The summed E-state index contributed by atoms with van der Waals surface area (Å²) in [6.45, 7) is 7.39. The average Bonchev–Trinajstić information content (AvgIpc) is 3.20. The molecule has 2 atom stereocenters. The first-order valence-electron chi connectivity index (χ1n) is 10.6. The SMILES string of the molecule is CC(C)c1ccccc1OC[C@H](O)CN1CCC[C@H]1c1ccc2c(c1)OCCO2. The van der Waals surface area contributed by atoms with Crippen LogP contribution < -0.4 is 14.2 Å². The van der Waals surface area contributed by atoms with Crippen LogP contribution >= 0.6 is 0 Å². The van der Waals surface area contributed by atoms with Gasteiger partial charge in [0.1, 0.15) is 31.7 Å². The zero-order valence-corrected chi connectivity index (χ0v) is 17.3. The van der Waals surface area contributed by atoms with E-state index < -0.39 is 6.10 Å². The maximum absolute atomic E-state index is 10.6. The number of aliphatic hydroxyl groups is 1. The molecule has 2 aromatic rings. The third-order valence-corrected chi connectivity index (χ3v) is 5.73. The second kappa shape index (κ2) is 9.06. The monoisotopic (exact) mass is 397 g/mol. The Hall–Kier alpha value is -2.24. The van der Waals surface area contributed by atoms with Crippen molar-refractivity contribution in [2.75, 3.05) is 32.9 Å². The Kier molecular flexibility index (Phi) is 6.26. The molecule has 1 saturated heterocycles. The van der Waals surface area contributed by atoms with Gasteiger partial charge in [-0.2, -0.15) is 0 Å². The Balaban J connectivity index is 1.37. The van der Waals surface area contributed by atoms with Gasteiger partial charge in [0.2, 0.25) is 0 Å². The molecule has 5 nitrogen and oxygen atoms in total. The number of likely N-dealkylation sites (tertiary alicyclic amines) is 1. The highest BCUT2D eigenvalue weighted by molar-refractivity contribution is 5.45. The fourth-order valence-electron chi connectivity index (χ4n) is 4.29. The van der Waals surface area contributed by atoms with Crippen LogP contribution in [-0.4, -0.2) is 49.0 Å². The van der Waals surface area contributed by atoms with Crippen molar-refractivity contribution in [3.8, 4) is 17.2 Å². The molecule has 0 unspecified atom stereocenters. The van der Waals surface area contributed by atoms with Gasteiger partial charge in [0.05, 0.1) is 0 Å². The quantitative estimate of drug-likeness (QED) is 0.760. The summed E-state index contributed by atoms with van der Waals surface area (Å²) in [5.74, 6) is 2.91. The number of para-hydroxylation sites is 1. The molecule has 2 aromatic carbocycles. The molecular formula is C24H31NO4. The van der Waals surface area contributed by atoms with Crippen LogP contribution in [0.3, 0.4) is 0 Å².